The van der Waals surface area contributed by atoms with Gasteiger partial charge < -0.3 is 5.32 Å². The van der Waals surface area contributed by atoms with Crippen molar-refractivity contribution in [2.75, 3.05) is 5.32 Å². The van der Waals surface area contributed by atoms with E-state index >= 15 is 0 Å². The fraction of sp³-hybridized carbons (Fsp3) is 0.105. The third kappa shape index (κ3) is 3.44. The van der Waals surface area contributed by atoms with Gasteiger partial charge in [-0.1, -0.05) is 24.3 Å². The number of nitrogens with zero attached hydrogens (tertiary/aromatic N) is 3. The SMILES string of the molecule is O=c1ccc2cnc(Nc3ccccc3)nc2n1CCc1cccs1. The molecule has 0 unspecified atom stereocenters. The Morgan fingerprint density at radius 1 is 1.04 bits per heavy atom. The highest BCUT2D eigenvalue weighted by Gasteiger charge is 2.08. The lowest BCUT2D eigenvalue weighted by Gasteiger charge is -2.10. The van der Waals surface area contributed by atoms with Gasteiger partial charge in [-0.3, -0.25) is 9.36 Å². The Morgan fingerprint density at radius 3 is 2.72 bits per heavy atom. The summed E-state index contributed by atoms with van der Waals surface area (Å²) in [5.74, 6) is 0.481. The number of nitrogens with one attached hydrogen (secondary N) is 1. The number of hydrogen-bond donors (Lipinski definition) is 1. The Morgan fingerprint density at radius 2 is 1.92 bits per heavy atom. The van der Waals surface area contributed by atoms with Crippen molar-refractivity contribution in [2.45, 2.75) is 13.0 Å². The fourth-order valence-corrected chi connectivity index (χ4v) is 3.37. The van der Waals surface area contributed by atoms with Crippen LogP contribution >= 0.6 is 11.3 Å². The van der Waals surface area contributed by atoms with Crippen LogP contribution in [-0.2, 0) is 13.0 Å². The van der Waals surface area contributed by atoms with Crippen LogP contribution in [0.3, 0.4) is 0 Å². The average molecular weight is 348 g/mol. The molecule has 0 amide bonds. The number of hydrogen-bond acceptors (Lipinski definition) is 5. The summed E-state index contributed by atoms with van der Waals surface area (Å²) < 4.78 is 1.72. The van der Waals surface area contributed by atoms with Crippen LogP contribution < -0.4 is 10.9 Å². The van der Waals surface area contributed by atoms with E-state index in [4.69, 9.17) is 0 Å². The summed E-state index contributed by atoms with van der Waals surface area (Å²) in [6.45, 7) is 0.596. The van der Waals surface area contributed by atoms with Crippen molar-refractivity contribution >= 4 is 34.0 Å². The molecule has 0 atom stereocenters. The zero-order chi connectivity index (χ0) is 17.1. The number of fused-ring (bicyclic) bond motifs is 1. The molecule has 0 saturated carbocycles. The Labute approximate surface area is 148 Å². The molecule has 3 heterocycles. The molecule has 0 aliphatic rings. The van der Waals surface area contributed by atoms with Gasteiger partial charge in [-0.15, -0.1) is 11.3 Å². The zero-order valence-electron chi connectivity index (χ0n) is 13.4. The van der Waals surface area contributed by atoms with E-state index in [0.717, 1.165) is 17.5 Å². The van der Waals surface area contributed by atoms with Crippen molar-refractivity contribution in [3.05, 3.63) is 81.4 Å². The molecule has 0 aliphatic carbocycles. The third-order valence-corrected chi connectivity index (χ3v) is 4.85. The normalized spacial score (nSPS) is 10.9. The summed E-state index contributed by atoms with van der Waals surface area (Å²) in [7, 11) is 0. The maximum absolute atomic E-state index is 12.3. The van der Waals surface area contributed by atoms with Crippen molar-refractivity contribution in [1.82, 2.24) is 14.5 Å². The predicted octanol–water partition coefficient (Wildman–Crippen LogP) is 3.84. The summed E-state index contributed by atoms with van der Waals surface area (Å²) in [6.07, 6.45) is 2.55. The van der Waals surface area contributed by atoms with E-state index in [1.54, 1.807) is 34.2 Å². The van der Waals surface area contributed by atoms with Crippen LogP contribution in [-0.4, -0.2) is 14.5 Å². The van der Waals surface area contributed by atoms with E-state index < -0.39 is 0 Å². The second-order valence-corrected chi connectivity index (χ2v) is 6.65. The quantitative estimate of drug-likeness (QED) is 0.595. The molecule has 124 valence electrons. The molecule has 0 bridgehead atoms. The van der Waals surface area contributed by atoms with E-state index in [1.807, 2.05) is 41.8 Å². The zero-order valence-corrected chi connectivity index (χ0v) is 14.2. The molecule has 1 N–H and O–H groups in total. The Hall–Kier alpha value is -2.99. The summed E-state index contributed by atoms with van der Waals surface area (Å²) in [4.78, 5) is 22.5. The van der Waals surface area contributed by atoms with Crippen LogP contribution in [0.2, 0.25) is 0 Å². The molecule has 25 heavy (non-hydrogen) atoms. The number of anilines is 2. The van der Waals surface area contributed by atoms with Gasteiger partial charge >= 0.3 is 0 Å². The molecule has 4 rings (SSSR count). The van der Waals surface area contributed by atoms with E-state index in [2.05, 4.69) is 21.4 Å². The van der Waals surface area contributed by atoms with Crippen LogP contribution in [0.1, 0.15) is 4.88 Å². The minimum atomic E-state index is -0.0478. The highest BCUT2D eigenvalue weighted by atomic mass is 32.1. The monoisotopic (exact) mass is 348 g/mol. The molecule has 3 aromatic heterocycles. The van der Waals surface area contributed by atoms with E-state index in [-0.39, 0.29) is 5.56 Å². The molecule has 5 nitrogen and oxygen atoms in total. The largest absolute Gasteiger partial charge is 0.324 e. The first-order chi connectivity index (χ1) is 12.3. The molecule has 0 spiro atoms. The summed E-state index contributed by atoms with van der Waals surface area (Å²) in [5, 5.41) is 6.08. The van der Waals surface area contributed by atoms with Crippen LogP contribution in [0.15, 0.2) is 71.0 Å². The van der Waals surface area contributed by atoms with Gasteiger partial charge in [0.1, 0.15) is 5.65 Å². The lowest BCUT2D eigenvalue weighted by molar-refractivity contribution is 0.693. The Balaban J connectivity index is 1.69. The van der Waals surface area contributed by atoms with Crippen molar-refractivity contribution < 1.29 is 0 Å². The first kappa shape index (κ1) is 15.5. The Bertz CT molecular complexity index is 1040. The number of rotatable bonds is 5. The standard InChI is InChI=1S/C19H16N4OS/c24-17-9-8-14-13-20-19(21-15-5-2-1-3-6-15)22-18(14)23(17)11-10-16-7-4-12-25-16/h1-9,12-13H,10-11H2,(H,20,21,22). The maximum Gasteiger partial charge on any atom is 0.252 e. The Kier molecular flexibility index (Phi) is 4.26. The molecule has 0 fully saturated rings. The molecular formula is C19H16N4OS. The first-order valence-corrected chi connectivity index (χ1v) is 8.89. The molecule has 0 aliphatic heterocycles. The maximum atomic E-state index is 12.3. The van der Waals surface area contributed by atoms with Gasteiger partial charge in [0.05, 0.1) is 0 Å². The van der Waals surface area contributed by atoms with Crippen LogP contribution in [0.25, 0.3) is 11.0 Å². The number of pyridine rings is 1. The third-order valence-electron chi connectivity index (χ3n) is 3.91. The number of benzene rings is 1. The van der Waals surface area contributed by atoms with Gasteiger partial charge in [-0.05, 0) is 36.1 Å². The van der Waals surface area contributed by atoms with Gasteiger partial charge in [-0.25, -0.2) is 4.98 Å². The number of para-hydroxylation sites is 1. The van der Waals surface area contributed by atoms with Gasteiger partial charge in [-0.2, -0.15) is 4.98 Å². The lowest BCUT2D eigenvalue weighted by atomic mass is 10.3. The summed E-state index contributed by atoms with van der Waals surface area (Å²) in [6, 6.07) is 17.2. The average Bonchev–Trinajstić information content (AvgIpc) is 3.15. The molecular weight excluding hydrogens is 332 g/mol. The summed E-state index contributed by atoms with van der Waals surface area (Å²) >= 11 is 1.70. The molecule has 6 heteroatoms. The minimum absolute atomic E-state index is 0.0478. The highest BCUT2D eigenvalue weighted by Crippen LogP contribution is 2.16. The topological polar surface area (TPSA) is 59.8 Å². The van der Waals surface area contributed by atoms with E-state index in [1.165, 1.54) is 4.88 Å². The second-order valence-electron chi connectivity index (χ2n) is 5.62. The molecule has 0 saturated heterocycles. The minimum Gasteiger partial charge on any atom is -0.324 e. The molecule has 1 aromatic carbocycles. The van der Waals surface area contributed by atoms with Crippen LogP contribution in [0.4, 0.5) is 11.6 Å². The van der Waals surface area contributed by atoms with Gasteiger partial charge in [0.2, 0.25) is 5.95 Å². The van der Waals surface area contributed by atoms with E-state index in [0.29, 0.717) is 18.1 Å². The smallest absolute Gasteiger partial charge is 0.252 e. The number of aromatic nitrogens is 3. The molecule has 0 radical (unpaired) electrons. The van der Waals surface area contributed by atoms with Crippen molar-refractivity contribution in [1.29, 1.82) is 0 Å². The highest BCUT2D eigenvalue weighted by molar-refractivity contribution is 7.09. The van der Waals surface area contributed by atoms with Crippen molar-refractivity contribution in [3.8, 4) is 0 Å². The van der Waals surface area contributed by atoms with E-state index in [9.17, 15) is 4.79 Å². The first-order valence-electron chi connectivity index (χ1n) is 8.01. The van der Waals surface area contributed by atoms with Gasteiger partial charge in [0.15, 0.2) is 0 Å². The number of thiophene rings is 1. The van der Waals surface area contributed by atoms with Crippen molar-refractivity contribution in [3.63, 3.8) is 0 Å². The molecule has 4 aromatic rings. The summed E-state index contributed by atoms with van der Waals surface area (Å²) in [5.41, 5.74) is 1.51. The van der Waals surface area contributed by atoms with Gasteiger partial charge in [0, 0.05) is 34.8 Å². The van der Waals surface area contributed by atoms with Gasteiger partial charge in [0.25, 0.3) is 5.56 Å². The lowest BCUT2D eigenvalue weighted by Crippen LogP contribution is -2.21. The second kappa shape index (κ2) is 6.86. The van der Waals surface area contributed by atoms with Crippen LogP contribution in [0, 0.1) is 0 Å². The predicted molar refractivity (Wildman–Crippen MR) is 102 cm³/mol. The van der Waals surface area contributed by atoms with Crippen LogP contribution in [0.5, 0.6) is 0 Å². The fourth-order valence-electron chi connectivity index (χ4n) is 2.68. The van der Waals surface area contributed by atoms with Crippen molar-refractivity contribution in [2.24, 2.45) is 0 Å². The number of aryl methyl sites for hydroxylation is 2.